The first-order valence-corrected chi connectivity index (χ1v) is 8.32. The Morgan fingerprint density at radius 1 is 1.00 bits per heavy atom. The number of rotatable bonds is 3. The molecule has 3 nitrogen and oxygen atoms in total. The highest BCUT2D eigenvalue weighted by Crippen LogP contribution is 2.27. The van der Waals surface area contributed by atoms with Crippen LogP contribution in [0.4, 0.5) is 0 Å². The first-order valence-electron chi connectivity index (χ1n) is 8.32. The van der Waals surface area contributed by atoms with Crippen molar-refractivity contribution in [2.45, 2.75) is 26.2 Å². The van der Waals surface area contributed by atoms with Crippen molar-refractivity contribution in [2.75, 3.05) is 0 Å². The van der Waals surface area contributed by atoms with E-state index >= 15 is 0 Å². The van der Waals surface area contributed by atoms with Crippen LogP contribution in [0.5, 0.6) is 0 Å². The normalized spacial score (nSPS) is 13.0. The van der Waals surface area contributed by atoms with Crippen molar-refractivity contribution in [3.8, 4) is 23.0 Å². The van der Waals surface area contributed by atoms with Gasteiger partial charge >= 0.3 is 5.71 Å². The number of Topliss-reactive ketones (excluding diaryl/α,β-unsaturated/α-hetero) is 1. The van der Waals surface area contributed by atoms with Crippen molar-refractivity contribution in [2.24, 2.45) is 0 Å². The van der Waals surface area contributed by atoms with E-state index in [1.54, 1.807) is 0 Å². The van der Waals surface area contributed by atoms with E-state index in [4.69, 9.17) is 5.53 Å². The van der Waals surface area contributed by atoms with Gasteiger partial charge in [-0.1, -0.05) is 60.4 Å². The quantitative estimate of drug-likeness (QED) is 0.356. The second-order valence-electron chi connectivity index (χ2n) is 5.99. The SMILES string of the molecule is CC(=[N+]=[N-])C(=O)C1=C(C#Cc2ccccc2-c2ccccc2)CCC1. The summed E-state index contributed by atoms with van der Waals surface area (Å²) in [6, 6.07) is 18.1. The van der Waals surface area contributed by atoms with Crippen LogP contribution in [0.25, 0.3) is 16.7 Å². The molecule has 0 aliphatic heterocycles. The van der Waals surface area contributed by atoms with Gasteiger partial charge in [0, 0.05) is 23.6 Å². The molecule has 0 radical (unpaired) electrons. The number of ketones is 1. The van der Waals surface area contributed by atoms with Crippen LogP contribution in [-0.4, -0.2) is 16.3 Å². The predicted octanol–water partition coefficient (Wildman–Crippen LogP) is 4.45. The van der Waals surface area contributed by atoms with E-state index in [2.05, 4.69) is 34.8 Å². The van der Waals surface area contributed by atoms with Crippen molar-refractivity contribution in [1.82, 2.24) is 0 Å². The van der Waals surface area contributed by atoms with Gasteiger partial charge in [0.25, 0.3) is 5.78 Å². The number of carbonyl (C=O) groups excluding carboxylic acids is 1. The molecule has 0 atom stereocenters. The van der Waals surface area contributed by atoms with Gasteiger partial charge in [-0.15, -0.1) is 0 Å². The predicted molar refractivity (Wildman–Crippen MR) is 98.9 cm³/mol. The number of carbonyl (C=O) groups is 1. The van der Waals surface area contributed by atoms with Crippen LogP contribution >= 0.6 is 0 Å². The van der Waals surface area contributed by atoms with Crippen molar-refractivity contribution < 1.29 is 9.58 Å². The second kappa shape index (κ2) is 7.57. The molecule has 0 unspecified atom stereocenters. The molecule has 0 saturated heterocycles. The smallest absolute Gasteiger partial charge is 0.335 e. The van der Waals surface area contributed by atoms with E-state index in [9.17, 15) is 4.79 Å². The van der Waals surface area contributed by atoms with Gasteiger partial charge in [-0.25, -0.2) is 0 Å². The van der Waals surface area contributed by atoms with Crippen molar-refractivity contribution >= 4 is 11.5 Å². The highest BCUT2D eigenvalue weighted by atomic mass is 16.1. The molecule has 0 aromatic heterocycles. The van der Waals surface area contributed by atoms with Gasteiger partial charge in [-0.05, 0) is 36.5 Å². The van der Waals surface area contributed by atoms with Crippen molar-refractivity contribution in [1.29, 1.82) is 0 Å². The summed E-state index contributed by atoms with van der Waals surface area (Å²) in [4.78, 5) is 15.3. The number of hydrogen-bond acceptors (Lipinski definition) is 1. The lowest BCUT2D eigenvalue weighted by atomic mass is 9.99. The molecular weight excluding hydrogens is 308 g/mol. The zero-order chi connectivity index (χ0) is 17.6. The minimum Gasteiger partial charge on any atom is -0.361 e. The van der Waals surface area contributed by atoms with Gasteiger partial charge < -0.3 is 5.53 Å². The van der Waals surface area contributed by atoms with Crippen molar-refractivity contribution in [3.63, 3.8) is 0 Å². The maximum atomic E-state index is 12.3. The largest absolute Gasteiger partial charge is 0.361 e. The maximum absolute atomic E-state index is 12.3. The molecule has 1 aliphatic rings. The zero-order valence-electron chi connectivity index (χ0n) is 14.1. The highest BCUT2D eigenvalue weighted by molar-refractivity contribution is 6.43. The van der Waals surface area contributed by atoms with Gasteiger partial charge in [0.05, 0.1) is 0 Å². The fourth-order valence-electron chi connectivity index (χ4n) is 3.00. The highest BCUT2D eigenvalue weighted by Gasteiger charge is 2.25. The summed E-state index contributed by atoms with van der Waals surface area (Å²) < 4.78 is 0. The lowest BCUT2D eigenvalue weighted by Gasteiger charge is -2.04. The summed E-state index contributed by atoms with van der Waals surface area (Å²) in [5.74, 6) is 6.22. The fourth-order valence-corrected chi connectivity index (χ4v) is 3.00. The van der Waals surface area contributed by atoms with E-state index in [0.29, 0.717) is 12.0 Å². The zero-order valence-corrected chi connectivity index (χ0v) is 14.1. The first-order chi connectivity index (χ1) is 12.2. The number of allylic oxidation sites excluding steroid dienone is 2. The van der Waals surface area contributed by atoms with Gasteiger partial charge in [0.2, 0.25) is 0 Å². The number of benzene rings is 2. The topological polar surface area (TPSA) is 53.5 Å². The van der Waals surface area contributed by atoms with Gasteiger partial charge in [0.1, 0.15) is 0 Å². The Morgan fingerprint density at radius 3 is 2.48 bits per heavy atom. The molecule has 25 heavy (non-hydrogen) atoms. The average molecular weight is 326 g/mol. The third-order valence-electron chi connectivity index (χ3n) is 4.33. The molecule has 0 spiro atoms. The van der Waals surface area contributed by atoms with Gasteiger partial charge in [-0.2, -0.15) is 4.79 Å². The third kappa shape index (κ3) is 3.66. The molecule has 1 aliphatic carbocycles. The van der Waals surface area contributed by atoms with E-state index in [-0.39, 0.29) is 11.5 Å². The first kappa shape index (κ1) is 16.6. The summed E-state index contributed by atoms with van der Waals surface area (Å²) in [6.45, 7) is 1.52. The van der Waals surface area contributed by atoms with E-state index in [1.165, 1.54) is 6.92 Å². The molecule has 0 amide bonds. The molecule has 0 saturated carbocycles. The molecular formula is C22H18N2O. The van der Waals surface area contributed by atoms with E-state index in [1.807, 2.05) is 36.4 Å². The molecule has 3 heteroatoms. The summed E-state index contributed by atoms with van der Waals surface area (Å²) in [5.41, 5.74) is 13.6. The summed E-state index contributed by atoms with van der Waals surface area (Å²) in [7, 11) is 0. The summed E-state index contributed by atoms with van der Waals surface area (Å²) >= 11 is 0. The maximum Gasteiger partial charge on any atom is 0.335 e. The number of nitrogens with zero attached hydrogens (tertiary/aromatic N) is 2. The number of hydrogen-bond donors (Lipinski definition) is 0. The molecule has 2 aromatic carbocycles. The van der Waals surface area contributed by atoms with E-state index in [0.717, 1.165) is 35.1 Å². The lowest BCUT2D eigenvalue weighted by molar-refractivity contribution is -0.114. The van der Waals surface area contributed by atoms with Gasteiger partial charge in [-0.3, -0.25) is 4.79 Å². The average Bonchev–Trinajstić information content (AvgIpc) is 3.14. The Balaban J connectivity index is 2.00. The van der Waals surface area contributed by atoms with Crippen LogP contribution in [0.2, 0.25) is 0 Å². The molecule has 122 valence electrons. The monoisotopic (exact) mass is 326 g/mol. The van der Waals surface area contributed by atoms with Crippen LogP contribution in [0.15, 0.2) is 65.7 Å². The minimum absolute atomic E-state index is 0.112. The van der Waals surface area contributed by atoms with Crippen LogP contribution in [0, 0.1) is 11.8 Å². The second-order valence-corrected chi connectivity index (χ2v) is 5.99. The lowest BCUT2D eigenvalue weighted by Crippen LogP contribution is -2.13. The molecule has 3 rings (SSSR count). The molecule has 0 heterocycles. The Bertz CT molecular complexity index is 952. The fraction of sp³-hybridized carbons (Fsp3) is 0.182. The Morgan fingerprint density at radius 2 is 1.72 bits per heavy atom. The molecule has 0 fully saturated rings. The summed E-state index contributed by atoms with van der Waals surface area (Å²) in [5, 5.41) is 0. The van der Waals surface area contributed by atoms with Gasteiger partial charge in [0.15, 0.2) is 0 Å². The molecule has 0 N–H and O–H groups in total. The summed E-state index contributed by atoms with van der Waals surface area (Å²) in [6.07, 6.45) is 2.39. The standard InChI is InChI=1S/C22H18N2O/c1-16(24-23)22(25)21-13-7-11-19(21)15-14-18-10-5-6-12-20(18)17-8-3-2-4-9-17/h2-6,8-10,12H,7,11,13H2,1H3. The Hall–Kier alpha value is -3.21. The van der Waals surface area contributed by atoms with Crippen LogP contribution in [0.3, 0.4) is 0 Å². The van der Waals surface area contributed by atoms with Crippen molar-refractivity contribution in [3.05, 3.63) is 76.8 Å². The Labute approximate surface area is 147 Å². The van der Waals surface area contributed by atoms with Crippen LogP contribution in [-0.2, 0) is 4.79 Å². The molecule has 0 bridgehead atoms. The van der Waals surface area contributed by atoms with Crippen LogP contribution < -0.4 is 0 Å². The third-order valence-corrected chi connectivity index (χ3v) is 4.33. The molecule has 2 aromatic rings. The minimum atomic E-state index is -0.208. The van der Waals surface area contributed by atoms with Crippen LogP contribution in [0.1, 0.15) is 31.7 Å². The Kier molecular flexibility index (Phi) is 5.04. The van der Waals surface area contributed by atoms with E-state index < -0.39 is 0 Å².